The Morgan fingerprint density at radius 3 is 2.60 bits per heavy atom. The summed E-state index contributed by atoms with van der Waals surface area (Å²) in [5, 5.41) is 3.47. The third-order valence-electron chi connectivity index (χ3n) is 2.06. The first kappa shape index (κ1) is 12.4. The Balaban J connectivity index is 2.57. The van der Waals surface area contributed by atoms with Gasteiger partial charge in [-0.2, -0.15) is 11.8 Å². The summed E-state index contributed by atoms with van der Waals surface area (Å²) in [5.74, 6) is 1.09. The SMILES string of the molecule is CSCc1cccc(NCC(C)(C)C)c1. The average molecular weight is 223 g/mol. The van der Waals surface area contributed by atoms with Crippen LogP contribution in [0.4, 0.5) is 5.69 Å². The van der Waals surface area contributed by atoms with Crippen molar-refractivity contribution >= 4 is 17.4 Å². The topological polar surface area (TPSA) is 12.0 Å². The summed E-state index contributed by atoms with van der Waals surface area (Å²) in [7, 11) is 0. The van der Waals surface area contributed by atoms with Crippen LogP contribution in [0.2, 0.25) is 0 Å². The molecule has 0 heterocycles. The van der Waals surface area contributed by atoms with E-state index in [1.807, 2.05) is 11.8 Å². The lowest BCUT2D eigenvalue weighted by atomic mass is 9.97. The molecule has 2 heteroatoms. The maximum absolute atomic E-state index is 3.47. The summed E-state index contributed by atoms with van der Waals surface area (Å²) in [5.41, 5.74) is 2.95. The molecule has 1 rings (SSSR count). The standard InChI is InChI=1S/C13H21NS/c1-13(2,3)10-14-12-7-5-6-11(8-12)9-15-4/h5-8,14H,9-10H2,1-4H3. The molecule has 0 radical (unpaired) electrons. The van der Waals surface area contributed by atoms with E-state index in [-0.39, 0.29) is 0 Å². The number of anilines is 1. The Hall–Kier alpha value is -0.630. The van der Waals surface area contributed by atoms with Crippen molar-refractivity contribution in [1.82, 2.24) is 0 Å². The lowest BCUT2D eigenvalue weighted by Gasteiger charge is -2.19. The van der Waals surface area contributed by atoms with Crippen molar-refractivity contribution in [3.8, 4) is 0 Å². The zero-order chi connectivity index (χ0) is 11.3. The molecule has 0 saturated heterocycles. The molecule has 0 atom stereocenters. The van der Waals surface area contributed by atoms with E-state index >= 15 is 0 Å². The molecule has 0 unspecified atom stereocenters. The molecule has 84 valence electrons. The van der Waals surface area contributed by atoms with Gasteiger partial charge >= 0.3 is 0 Å². The van der Waals surface area contributed by atoms with E-state index in [1.165, 1.54) is 11.3 Å². The van der Waals surface area contributed by atoms with E-state index in [0.29, 0.717) is 5.41 Å². The number of nitrogens with one attached hydrogen (secondary N) is 1. The third kappa shape index (κ3) is 5.12. The highest BCUT2D eigenvalue weighted by Crippen LogP contribution is 2.18. The molecule has 1 nitrogen and oxygen atoms in total. The van der Waals surface area contributed by atoms with Crippen molar-refractivity contribution in [1.29, 1.82) is 0 Å². The minimum absolute atomic E-state index is 0.329. The van der Waals surface area contributed by atoms with E-state index in [9.17, 15) is 0 Å². The van der Waals surface area contributed by atoms with Crippen LogP contribution in [0, 0.1) is 5.41 Å². The summed E-state index contributed by atoms with van der Waals surface area (Å²) < 4.78 is 0. The van der Waals surface area contributed by atoms with Gasteiger partial charge in [0.2, 0.25) is 0 Å². The van der Waals surface area contributed by atoms with E-state index in [2.05, 4.69) is 56.6 Å². The van der Waals surface area contributed by atoms with Crippen LogP contribution >= 0.6 is 11.8 Å². The first-order valence-corrected chi connectivity index (χ1v) is 6.72. The maximum atomic E-state index is 3.47. The van der Waals surface area contributed by atoms with Crippen molar-refractivity contribution in [3.63, 3.8) is 0 Å². The second-order valence-electron chi connectivity index (χ2n) is 5.05. The highest BCUT2D eigenvalue weighted by atomic mass is 32.2. The molecule has 0 amide bonds. The van der Waals surface area contributed by atoms with E-state index < -0.39 is 0 Å². The molecule has 0 aliphatic rings. The number of rotatable bonds is 4. The van der Waals surface area contributed by atoms with Crippen LogP contribution in [0.3, 0.4) is 0 Å². The van der Waals surface area contributed by atoms with Gasteiger partial charge in [0.1, 0.15) is 0 Å². The molecule has 1 aromatic carbocycles. The summed E-state index contributed by atoms with van der Waals surface area (Å²) in [4.78, 5) is 0. The van der Waals surface area contributed by atoms with E-state index in [1.54, 1.807) is 0 Å². The first-order valence-electron chi connectivity index (χ1n) is 5.33. The second kappa shape index (κ2) is 5.45. The third-order valence-corrected chi connectivity index (χ3v) is 2.68. The van der Waals surface area contributed by atoms with Gasteiger partial charge in [-0.25, -0.2) is 0 Å². The fourth-order valence-electron chi connectivity index (χ4n) is 1.30. The predicted octanol–water partition coefficient (Wildman–Crippen LogP) is 4.01. The normalized spacial score (nSPS) is 11.5. The van der Waals surface area contributed by atoms with Crippen molar-refractivity contribution in [2.45, 2.75) is 26.5 Å². The average Bonchev–Trinajstić information content (AvgIpc) is 2.15. The lowest BCUT2D eigenvalue weighted by Crippen LogP contribution is -2.18. The summed E-state index contributed by atoms with van der Waals surface area (Å²) >= 11 is 1.86. The van der Waals surface area contributed by atoms with Crippen LogP contribution in [-0.4, -0.2) is 12.8 Å². The van der Waals surface area contributed by atoms with Crippen LogP contribution in [-0.2, 0) is 5.75 Å². The molecule has 0 aliphatic heterocycles. The summed E-state index contributed by atoms with van der Waals surface area (Å²) in [6.07, 6.45) is 2.13. The highest BCUT2D eigenvalue weighted by Gasteiger charge is 2.09. The molecule has 0 fully saturated rings. The molecule has 1 aromatic rings. The van der Waals surface area contributed by atoms with Gasteiger partial charge in [-0.15, -0.1) is 0 Å². The molecule has 0 spiro atoms. The molecule has 15 heavy (non-hydrogen) atoms. The Bertz CT molecular complexity index is 302. The molecule has 1 N–H and O–H groups in total. The molecular formula is C13H21NS. The van der Waals surface area contributed by atoms with Crippen LogP contribution in [0.1, 0.15) is 26.3 Å². The minimum Gasteiger partial charge on any atom is -0.385 e. The molecule has 0 aliphatic carbocycles. The predicted molar refractivity (Wildman–Crippen MR) is 71.6 cm³/mol. The minimum atomic E-state index is 0.329. The Kier molecular flexibility index (Phi) is 4.52. The largest absolute Gasteiger partial charge is 0.385 e. The highest BCUT2D eigenvalue weighted by molar-refractivity contribution is 7.97. The molecule has 0 bridgehead atoms. The van der Waals surface area contributed by atoms with Crippen LogP contribution in [0.5, 0.6) is 0 Å². The Morgan fingerprint density at radius 1 is 1.27 bits per heavy atom. The molecule has 0 aromatic heterocycles. The number of benzene rings is 1. The van der Waals surface area contributed by atoms with E-state index in [4.69, 9.17) is 0 Å². The second-order valence-corrected chi connectivity index (χ2v) is 5.91. The van der Waals surface area contributed by atoms with Crippen molar-refractivity contribution < 1.29 is 0 Å². The van der Waals surface area contributed by atoms with Gasteiger partial charge in [-0.3, -0.25) is 0 Å². The van der Waals surface area contributed by atoms with Gasteiger partial charge < -0.3 is 5.32 Å². The smallest absolute Gasteiger partial charge is 0.0343 e. The molecular weight excluding hydrogens is 202 g/mol. The van der Waals surface area contributed by atoms with Crippen LogP contribution in [0.25, 0.3) is 0 Å². The molecule has 0 saturated carbocycles. The van der Waals surface area contributed by atoms with Crippen LogP contribution < -0.4 is 5.32 Å². The van der Waals surface area contributed by atoms with Crippen molar-refractivity contribution in [2.24, 2.45) is 5.41 Å². The Labute approximate surface area is 97.7 Å². The summed E-state index contributed by atoms with van der Waals surface area (Å²) in [6.45, 7) is 7.74. The number of hydrogen-bond acceptors (Lipinski definition) is 2. The fourth-order valence-corrected chi connectivity index (χ4v) is 1.82. The lowest BCUT2D eigenvalue weighted by molar-refractivity contribution is 0.443. The van der Waals surface area contributed by atoms with Crippen molar-refractivity contribution in [3.05, 3.63) is 29.8 Å². The van der Waals surface area contributed by atoms with Gasteiger partial charge in [0.15, 0.2) is 0 Å². The zero-order valence-corrected chi connectivity index (χ0v) is 10.9. The summed E-state index contributed by atoms with van der Waals surface area (Å²) in [6, 6.07) is 8.67. The van der Waals surface area contributed by atoms with Gasteiger partial charge in [0.05, 0.1) is 0 Å². The van der Waals surface area contributed by atoms with Gasteiger partial charge in [-0.1, -0.05) is 32.9 Å². The maximum Gasteiger partial charge on any atom is 0.0343 e. The number of hydrogen-bond donors (Lipinski definition) is 1. The van der Waals surface area contributed by atoms with Gasteiger partial charge in [-0.05, 0) is 29.4 Å². The monoisotopic (exact) mass is 223 g/mol. The number of thioether (sulfide) groups is 1. The fraction of sp³-hybridized carbons (Fsp3) is 0.538. The van der Waals surface area contributed by atoms with Gasteiger partial charge in [0.25, 0.3) is 0 Å². The Morgan fingerprint density at radius 2 is 2.00 bits per heavy atom. The van der Waals surface area contributed by atoms with Crippen LogP contribution in [0.15, 0.2) is 24.3 Å². The quantitative estimate of drug-likeness (QED) is 0.828. The zero-order valence-electron chi connectivity index (χ0n) is 10.1. The van der Waals surface area contributed by atoms with Crippen molar-refractivity contribution in [2.75, 3.05) is 18.1 Å². The first-order chi connectivity index (χ1) is 7.01. The van der Waals surface area contributed by atoms with E-state index in [0.717, 1.165) is 12.3 Å². The van der Waals surface area contributed by atoms with Gasteiger partial charge in [0, 0.05) is 18.0 Å².